The van der Waals surface area contributed by atoms with Crippen LogP contribution in [0.25, 0.3) is 0 Å². The Hall–Kier alpha value is -4.12. The van der Waals surface area contributed by atoms with Gasteiger partial charge in [0.25, 0.3) is 0 Å². The largest absolute Gasteiger partial charge is 0.480 e. The highest BCUT2D eigenvalue weighted by Gasteiger charge is 2.28. The molecule has 64 heavy (non-hydrogen) atoms. The maximum atomic E-state index is 12.6. The first-order valence-electron chi connectivity index (χ1n) is 23.6. The lowest BCUT2D eigenvalue weighted by atomic mass is 10.1. The summed E-state index contributed by atoms with van der Waals surface area (Å²) in [4.78, 5) is 46.0. The van der Waals surface area contributed by atoms with E-state index in [4.69, 9.17) is 24.8 Å². The van der Waals surface area contributed by atoms with Crippen LogP contribution in [0.15, 0.2) is 122 Å². The SMILES string of the molecule is CC/C=C/C/C=C/C/C=C/C/C=C/C/C=C/C/C=C/CCC(=O)OC[C@H](COP(=O)(O)OC[C@H](N)C(=O)O)OC(=O)CCC/C=C/C/C=C/C/C=C/C/C=C/CCCCCCCCC. The van der Waals surface area contributed by atoms with Crippen molar-refractivity contribution in [3.05, 3.63) is 122 Å². The van der Waals surface area contributed by atoms with Crippen molar-refractivity contribution < 1.29 is 47.5 Å². The normalized spacial score (nSPS) is 14.7. The van der Waals surface area contributed by atoms with Crippen LogP contribution in [-0.4, -0.2) is 59.9 Å². The molecule has 0 spiro atoms. The maximum absolute atomic E-state index is 12.6. The molecule has 0 radical (unpaired) electrons. The standard InChI is InChI=1S/C52H82NO10P/c1-3-5-7-9-11-13-15-17-19-21-23-24-26-28-30-32-34-36-38-40-42-44-51(55)63-48(46-61-64(58,59)62-47-49(53)52(56)57)45-60-50(54)43-41-39-37-35-33-31-29-27-25-22-20-18-16-14-12-10-8-6-4-2/h6,8,12,14,18-21,24-27,30-33,36-39,48-49H,3-5,7,9-11,13,15-17,22-23,28-29,34-35,40-47,53H2,1-2H3,(H,56,57)(H,58,59)/b8-6+,14-12+,20-18+,21-19+,26-24+,27-25+,32-30+,33-31+,38-36+,39-37+/t48-,49+/m1/s1. The van der Waals surface area contributed by atoms with Gasteiger partial charge in [-0.25, -0.2) is 4.57 Å². The lowest BCUT2D eigenvalue weighted by Gasteiger charge is -2.20. The molecule has 1 unspecified atom stereocenters. The number of hydrogen-bond donors (Lipinski definition) is 3. The number of carbonyl (C=O) groups is 3. The number of phosphoric acid groups is 1. The zero-order valence-electron chi connectivity index (χ0n) is 39.1. The molecule has 3 atom stereocenters. The third-order valence-electron chi connectivity index (χ3n) is 9.21. The Bertz CT molecular complexity index is 1540. The van der Waals surface area contributed by atoms with Gasteiger partial charge in [-0.3, -0.25) is 23.4 Å². The number of carboxylic acid groups (broad SMARTS) is 1. The molecule has 0 aliphatic rings. The number of unbranched alkanes of at least 4 members (excludes halogenated alkanes) is 8. The van der Waals surface area contributed by atoms with Gasteiger partial charge < -0.3 is 25.2 Å². The second kappa shape index (κ2) is 45.4. The number of allylic oxidation sites excluding steroid dienone is 20. The minimum Gasteiger partial charge on any atom is -0.480 e. The monoisotopic (exact) mass is 912 g/mol. The molecule has 0 bridgehead atoms. The Morgan fingerprint density at radius 2 is 0.906 bits per heavy atom. The zero-order chi connectivity index (χ0) is 47.0. The number of nitrogens with two attached hydrogens (primary N) is 1. The van der Waals surface area contributed by atoms with Crippen LogP contribution in [0.3, 0.4) is 0 Å². The van der Waals surface area contributed by atoms with Gasteiger partial charge in [0.1, 0.15) is 12.6 Å². The molecule has 360 valence electrons. The Kier molecular flexibility index (Phi) is 42.5. The summed E-state index contributed by atoms with van der Waals surface area (Å²) in [7, 11) is -4.76. The molecule has 12 heteroatoms. The van der Waals surface area contributed by atoms with Gasteiger partial charge in [-0.05, 0) is 89.9 Å². The Labute approximate surface area is 386 Å². The summed E-state index contributed by atoms with van der Waals surface area (Å²) < 4.78 is 32.6. The van der Waals surface area contributed by atoms with Gasteiger partial charge in [-0.1, -0.05) is 174 Å². The van der Waals surface area contributed by atoms with Crippen LogP contribution in [0.2, 0.25) is 0 Å². The Morgan fingerprint density at radius 1 is 0.500 bits per heavy atom. The average molecular weight is 912 g/mol. The molecule has 0 aromatic rings. The number of hydrogen-bond acceptors (Lipinski definition) is 9. The lowest BCUT2D eigenvalue weighted by Crippen LogP contribution is -2.34. The molecule has 0 fully saturated rings. The van der Waals surface area contributed by atoms with E-state index in [-0.39, 0.29) is 12.8 Å². The van der Waals surface area contributed by atoms with Crippen LogP contribution in [0, 0.1) is 0 Å². The van der Waals surface area contributed by atoms with Crippen LogP contribution < -0.4 is 5.73 Å². The van der Waals surface area contributed by atoms with Crippen LogP contribution in [-0.2, 0) is 37.5 Å². The van der Waals surface area contributed by atoms with Gasteiger partial charge in [-0.15, -0.1) is 0 Å². The second-order valence-electron chi connectivity index (χ2n) is 15.1. The van der Waals surface area contributed by atoms with E-state index in [1.54, 1.807) is 0 Å². The van der Waals surface area contributed by atoms with Crippen LogP contribution in [0.5, 0.6) is 0 Å². The summed E-state index contributed by atoms with van der Waals surface area (Å²) in [5, 5.41) is 8.90. The molecule has 0 aromatic carbocycles. The van der Waals surface area contributed by atoms with E-state index in [1.807, 2.05) is 24.3 Å². The molecule has 0 aliphatic heterocycles. The first-order valence-corrected chi connectivity index (χ1v) is 25.1. The van der Waals surface area contributed by atoms with Crippen molar-refractivity contribution in [1.82, 2.24) is 0 Å². The summed E-state index contributed by atoms with van der Waals surface area (Å²) in [6.07, 6.45) is 61.5. The first-order chi connectivity index (χ1) is 31.1. The van der Waals surface area contributed by atoms with Gasteiger partial charge in [0.15, 0.2) is 6.10 Å². The molecule has 0 rings (SSSR count). The van der Waals surface area contributed by atoms with Gasteiger partial charge in [0, 0.05) is 12.8 Å². The molecule has 0 aliphatic carbocycles. The van der Waals surface area contributed by atoms with E-state index in [0.29, 0.717) is 19.3 Å². The van der Waals surface area contributed by atoms with Crippen LogP contribution in [0.4, 0.5) is 0 Å². The predicted octanol–water partition coefficient (Wildman–Crippen LogP) is 13.2. The molecule has 11 nitrogen and oxygen atoms in total. The van der Waals surface area contributed by atoms with Gasteiger partial charge in [0.05, 0.1) is 13.2 Å². The zero-order valence-corrected chi connectivity index (χ0v) is 40.0. The number of aliphatic carboxylic acids is 1. The first kappa shape index (κ1) is 59.9. The highest BCUT2D eigenvalue weighted by atomic mass is 31.2. The summed E-state index contributed by atoms with van der Waals surface area (Å²) >= 11 is 0. The van der Waals surface area contributed by atoms with Crippen molar-refractivity contribution in [2.75, 3.05) is 19.8 Å². The molecule has 0 saturated carbocycles. The fourth-order valence-corrected chi connectivity index (χ4v) is 6.33. The highest BCUT2D eigenvalue weighted by Crippen LogP contribution is 2.43. The van der Waals surface area contributed by atoms with Gasteiger partial charge >= 0.3 is 25.7 Å². The van der Waals surface area contributed by atoms with E-state index in [2.05, 4.69) is 116 Å². The predicted molar refractivity (Wildman–Crippen MR) is 263 cm³/mol. The van der Waals surface area contributed by atoms with E-state index in [9.17, 15) is 23.8 Å². The average Bonchev–Trinajstić information content (AvgIpc) is 3.27. The topological polar surface area (TPSA) is 172 Å². The highest BCUT2D eigenvalue weighted by molar-refractivity contribution is 7.47. The van der Waals surface area contributed by atoms with E-state index in [0.717, 1.165) is 64.2 Å². The van der Waals surface area contributed by atoms with Crippen molar-refractivity contribution in [3.63, 3.8) is 0 Å². The smallest absolute Gasteiger partial charge is 0.472 e. The molecule has 0 amide bonds. The molecular formula is C52H82NO10P. The summed E-state index contributed by atoms with van der Waals surface area (Å²) in [6, 6.07) is -1.55. The van der Waals surface area contributed by atoms with Crippen molar-refractivity contribution in [1.29, 1.82) is 0 Å². The number of phosphoric ester groups is 1. The van der Waals surface area contributed by atoms with Crippen LogP contribution in [0.1, 0.15) is 155 Å². The van der Waals surface area contributed by atoms with Crippen molar-refractivity contribution in [2.45, 2.75) is 167 Å². The summed E-state index contributed by atoms with van der Waals surface area (Å²) in [6.45, 7) is 2.54. The lowest BCUT2D eigenvalue weighted by molar-refractivity contribution is -0.161. The minimum atomic E-state index is -4.76. The molecule has 0 saturated heterocycles. The molecule has 4 N–H and O–H groups in total. The minimum absolute atomic E-state index is 0.0619. The van der Waals surface area contributed by atoms with Crippen molar-refractivity contribution >= 4 is 25.7 Å². The summed E-state index contributed by atoms with van der Waals surface area (Å²) in [5.41, 5.74) is 5.33. The van der Waals surface area contributed by atoms with E-state index < -0.39 is 57.7 Å². The fourth-order valence-electron chi connectivity index (χ4n) is 5.55. The van der Waals surface area contributed by atoms with E-state index in [1.165, 1.54) is 44.9 Å². The number of carboxylic acids is 1. The third kappa shape index (κ3) is 44.5. The van der Waals surface area contributed by atoms with Gasteiger partial charge in [-0.2, -0.15) is 0 Å². The fraction of sp³-hybridized carbons (Fsp3) is 0.558. The van der Waals surface area contributed by atoms with Crippen molar-refractivity contribution in [3.8, 4) is 0 Å². The molecule has 0 aromatic heterocycles. The summed E-state index contributed by atoms with van der Waals surface area (Å²) in [5.74, 6) is -2.57. The number of carbonyl (C=O) groups excluding carboxylic acids is 2. The van der Waals surface area contributed by atoms with Crippen molar-refractivity contribution in [2.24, 2.45) is 5.73 Å². The number of esters is 2. The molecular weight excluding hydrogens is 830 g/mol. The van der Waals surface area contributed by atoms with Gasteiger partial charge in [0.2, 0.25) is 0 Å². The second-order valence-corrected chi connectivity index (χ2v) is 16.6. The Balaban J connectivity index is 4.56. The Morgan fingerprint density at radius 3 is 1.38 bits per heavy atom. The third-order valence-corrected chi connectivity index (χ3v) is 10.2. The number of rotatable bonds is 42. The quantitative estimate of drug-likeness (QED) is 0.0230. The van der Waals surface area contributed by atoms with Crippen LogP contribution >= 0.6 is 7.82 Å². The van der Waals surface area contributed by atoms with E-state index >= 15 is 0 Å². The maximum Gasteiger partial charge on any atom is 0.472 e. The number of ether oxygens (including phenoxy) is 2. The molecule has 0 heterocycles.